The Morgan fingerprint density at radius 1 is 1.14 bits per heavy atom. The standard InChI is InChI=1S/C16H22BF2NO2/c1-10-6-11(14(19)8-13(10)18)7-12(9-20)17-21-15(2,3)16(4,5)22-17/h6-8H,9,20H2,1-5H3. The highest BCUT2D eigenvalue weighted by Gasteiger charge is 2.52. The van der Waals surface area contributed by atoms with Crippen LogP contribution in [0.15, 0.2) is 17.6 Å². The molecule has 1 fully saturated rings. The number of hydrogen-bond donors (Lipinski definition) is 1. The van der Waals surface area contributed by atoms with Crippen LogP contribution in [0.3, 0.4) is 0 Å². The summed E-state index contributed by atoms with van der Waals surface area (Å²) in [6.45, 7) is 9.48. The van der Waals surface area contributed by atoms with E-state index in [4.69, 9.17) is 15.0 Å². The van der Waals surface area contributed by atoms with Crippen LogP contribution >= 0.6 is 0 Å². The Bertz CT molecular complexity index is 598. The number of nitrogens with two attached hydrogens (primary N) is 1. The Morgan fingerprint density at radius 3 is 2.18 bits per heavy atom. The first kappa shape index (κ1) is 17.1. The monoisotopic (exact) mass is 309 g/mol. The smallest absolute Gasteiger partial charge is 0.400 e. The van der Waals surface area contributed by atoms with Crippen molar-refractivity contribution in [2.24, 2.45) is 5.73 Å². The van der Waals surface area contributed by atoms with Gasteiger partial charge in [0.1, 0.15) is 11.6 Å². The maximum atomic E-state index is 13.9. The SMILES string of the molecule is Cc1cc(C=C(CN)B2OC(C)(C)C(C)(C)O2)c(F)cc1F. The third-order valence-electron chi connectivity index (χ3n) is 4.41. The maximum Gasteiger partial charge on any atom is 0.491 e. The first-order valence-electron chi connectivity index (χ1n) is 7.29. The third-order valence-corrected chi connectivity index (χ3v) is 4.41. The zero-order valence-corrected chi connectivity index (χ0v) is 13.7. The molecule has 0 radical (unpaired) electrons. The zero-order chi connectivity index (χ0) is 16.7. The molecule has 0 aliphatic carbocycles. The highest BCUT2D eigenvalue weighted by molar-refractivity contribution is 6.55. The van der Waals surface area contributed by atoms with Gasteiger partial charge in [-0.1, -0.05) is 6.08 Å². The van der Waals surface area contributed by atoms with E-state index in [9.17, 15) is 8.78 Å². The number of aryl methyl sites for hydroxylation is 1. The van der Waals surface area contributed by atoms with E-state index < -0.39 is 30.0 Å². The summed E-state index contributed by atoms with van der Waals surface area (Å²) in [5.41, 5.74) is 6.04. The molecule has 6 heteroatoms. The molecule has 0 unspecified atom stereocenters. The lowest BCUT2D eigenvalue weighted by molar-refractivity contribution is 0.00578. The zero-order valence-electron chi connectivity index (χ0n) is 13.7. The molecule has 2 N–H and O–H groups in total. The fourth-order valence-corrected chi connectivity index (χ4v) is 2.21. The lowest BCUT2D eigenvalue weighted by atomic mass is 9.77. The van der Waals surface area contributed by atoms with Crippen LogP contribution in [0.25, 0.3) is 6.08 Å². The van der Waals surface area contributed by atoms with Gasteiger partial charge >= 0.3 is 7.12 Å². The highest BCUT2D eigenvalue weighted by atomic mass is 19.1. The average Bonchev–Trinajstić information content (AvgIpc) is 2.61. The molecule has 1 heterocycles. The van der Waals surface area contributed by atoms with Crippen molar-refractivity contribution in [3.8, 4) is 0 Å². The van der Waals surface area contributed by atoms with Crippen molar-refractivity contribution < 1.29 is 18.1 Å². The van der Waals surface area contributed by atoms with Gasteiger partial charge in [-0.3, -0.25) is 0 Å². The highest BCUT2D eigenvalue weighted by Crippen LogP contribution is 2.38. The molecular weight excluding hydrogens is 287 g/mol. The largest absolute Gasteiger partial charge is 0.491 e. The fraction of sp³-hybridized carbons (Fsp3) is 0.500. The van der Waals surface area contributed by atoms with E-state index in [1.54, 1.807) is 13.0 Å². The van der Waals surface area contributed by atoms with Crippen LogP contribution in [0.5, 0.6) is 0 Å². The number of halogens is 2. The molecule has 0 amide bonds. The Hall–Kier alpha value is -1.24. The number of benzene rings is 1. The Balaban J connectivity index is 2.36. The minimum absolute atomic E-state index is 0.159. The molecule has 120 valence electrons. The van der Waals surface area contributed by atoms with Gasteiger partial charge in [-0.15, -0.1) is 0 Å². The van der Waals surface area contributed by atoms with Crippen LogP contribution in [0.1, 0.15) is 38.8 Å². The van der Waals surface area contributed by atoms with Crippen molar-refractivity contribution >= 4 is 13.2 Å². The van der Waals surface area contributed by atoms with Crippen molar-refractivity contribution in [1.82, 2.24) is 0 Å². The number of rotatable bonds is 3. The Kier molecular flexibility index (Phi) is 4.48. The Labute approximate surface area is 130 Å². The normalized spacial score (nSPS) is 20.5. The molecule has 0 saturated carbocycles. The van der Waals surface area contributed by atoms with Crippen LogP contribution in [0.4, 0.5) is 8.78 Å². The van der Waals surface area contributed by atoms with Gasteiger partial charge in [-0.25, -0.2) is 8.78 Å². The summed E-state index contributed by atoms with van der Waals surface area (Å²) in [6.07, 6.45) is 1.57. The first-order chi connectivity index (χ1) is 10.1. The minimum Gasteiger partial charge on any atom is -0.400 e. The summed E-state index contributed by atoms with van der Waals surface area (Å²) < 4.78 is 39.1. The fourth-order valence-electron chi connectivity index (χ4n) is 2.21. The quantitative estimate of drug-likeness (QED) is 0.872. The van der Waals surface area contributed by atoms with Crippen LogP contribution < -0.4 is 5.73 Å². The summed E-state index contributed by atoms with van der Waals surface area (Å²) in [5, 5.41) is 0. The predicted octanol–water partition coefficient (Wildman–Crippen LogP) is 3.25. The lowest BCUT2D eigenvalue weighted by Crippen LogP contribution is -2.41. The predicted molar refractivity (Wildman–Crippen MR) is 84.2 cm³/mol. The van der Waals surface area contributed by atoms with Gasteiger partial charge in [-0.2, -0.15) is 0 Å². The molecule has 1 aromatic carbocycles. The summed E-state index contributed by atoms with van der Waals surface area (Å²) in [6, 6.07) is 2.32. The van der Waals surface area contributed by atoms with E-state index in [0.717, 1.165) is 6.07 Å². The van der Waals surface area contributed by atoms with Crippen LogP contribution in [-0.2, 0) is 9.31 Å². The van der Waals surface area contributed by atoms with Crippen LogP contribution in [0, 0.1) is 18.6 Å². The molecule has 1 aliphatic heterocycles. The van der Waals surface area contributed by atoms with Crippen molar-refractivity contribution in [2.75, 3.05) is 6.54 Å². The summed E-state index contributed by atoms with van der Waals surface area (Å²) in [5.74, 6) is -1.20. The first-order valence-corrected chi connectivity index (χ1v) is 7.29. The van der Waals surface area contributed by atoms with Crippen LogP contribution in [-0.4, -0.2) is 24.9 Å². The molecule has 0 atom stereocenters. The second kappa shape index (κ2) is 5.76. The van der Waals surface area contributed by atoms with Gasteiger partial charge in [0.25, 0.3) is 0 Å². The van der Waals surface area contributed by atoms with Gasteiger partial charge in [-0.05, 0) is 51.7 Å². The molecule has 22 heavy (non-hydrogen) atoms. The lowest BCUT2D eigenvalue weighted by Gasteiger charge is -2.32. The van der Waals surface area contributed by atoms with E-state index in [-0.39, 0.29) is 12.1 Å². The molecule has 1 aromatic rings. The second-order valence-corrected chi connectivity index (χ2v) is 6.63. The minimum atomic E-state index is -0.639. The third kappa shape index (κ3) is 3.09. The van der Waals surface area contributed by atoms with Gasteiger partial charge in [0, 0.05) is 18.2 Å². The maximum absolute atomic E-state index is 13.9. The van der Waals surface area contributed by atoms with Gasteiger partial charge < -0.3 is 15.0 Å². The number of hydrogen-bond acceptors (Lipinski definition) is 3. The summed E-state index contributed by atoms with van der Waals surface area (Å²) >= 11 is 0. The van der Waals surface area contributed by atoms with Crippen molar-refractivity contribution in [3.63, 3.8) is 0 Å². The molecule has 1 saturated heterocycles. The van der Waals surface area contributed by atoms with E-state index in [0.29, 0.717) is 11.0 Å². The molecule has 0 bridgehead atoms. The topological polar surface area (TPSA) is 44.5 Å². The van der Waals surface area contributed by atoms with Crippen LogP contribution in [0.2, 0.25) is 0 Å². The van der Waals surface area contributed by atoms with Gasteiger partial charge in [0.05, 0.1) is 11.2 Å². The summed E-state index contributed by atoms with van der Waals surface area (Å²) in [7, 11) is -0.639. The molecular formula is C16H22BF2NO2. The van der Waals surface area contributed by atoms with Crippen molar-refractivity contribution in [1.29, 1.82) is 0 Å². The average molecular weight is 309 g/mol. The molecule has 0 spiro atoms. The van der Waals surface area contributed by atoms with Gasteiger partial charge in [0.2, 0.25) is 0 Å². The van der Waals surface area contributed by atoms with E-state index >= 15 is 0 Å². The summed E-state index contributed by atoms with van der Waals surface area (Å²) in [4.78, 5) is 0. The van der Waals surface area contributed by atoms with E-state index in [2.05, 4.69) is 0 Å². The Morgan fingerprint density at radius 2 is 1.68 bits per heavy atom. The van der Waals surface area contributed by atoms with Gasteiger partial charge in [0.15, 0.2) is 0 Å². The van der Waals surface area contributed by atoms with E-state index in [1.165, 1.54) is 6.07 Å². The van der Waals surface area contributed by atoms with E-state index in [1.807, 2.05) is 27.7 Å². The molecule has 2 rings (SSSR count). The molecule has 1 aliphatic rings. The second-order valence-electron chi connectivity index (χ2n) is 6.63. The van der Waals surface area contributed by atoms with Crippen molar-refractivity contribution in [2.45, 2.75) is 45.8 Å². The molecule has 3 nitrogen and oxygen atoms in total. The molecule has 0 aromatic heterocycles. The van der Waals surface area contributed by atoms with Crippen molar-refractivity contribution in [3.05, 3.63) is 40.4 Å².